The molecule has 0 aliphatic heterocycles. The van der Waals surface area contributed by atoms with Gasteiger partial charge in [0, 0.05) is 24.2 Å². The third kappa shape index (κ3) is 4.42. The summed E-state index contributed by atoms with van der Waals surface area (Å²) in [5.41, 5.74) is 1.32. The summed E-state index contributed by atoms with van der Waals surface area (Å²) in [5.74, 6) is 1.51. The number of hydrogen-bond donors (Lipinski definition) is 1. The van der Waals surface area contributed by atoms with E-state index in [9.17, 15) is 9.59 Å². The lowest BCUT2D eigenvalue weighted by Crippen LogP contribution is -2.30. The standard InChI is InChI=1S/C20H20N2O4/c1-25-17-7-8-18(16(14-17)13-15-5-3-2-4-6-15)26-12-11-22-10-9-19(23)21-20(22)24/h2-10,14H,11-13H2,1H3,(H,21,23,24). The van der Waals surface area contributed by atoms with E-state index in [4.69, 9.17) is 9.47 Å². The highest BCUT2D eigenvalue weighted by Gasteiger charge is 2.08. The first-order valence-corrected chi connectivity index (χ1v) is 8.29. The fourth-order valence-corrected chi connectivity index (χ4v) is 2.65. The summed E-state index contributed by atoms with van der Waals surface area (Å²) in [5, 5.41) is 0. The van der Waals surface area contributed by atoms with Crippen LogP contribution in [0, 0.1) is 0 Å². The van der Waals surface area contributed by atoms with Crippen LogP contribution in [0.4, 0.5) is 0 Å². The molecule has 1 aromatic heterocycles. The lowest BCUT2D eigenvalue weighted by atomic mass is 10.0. The summed E-state index contributed by atoms with van der Waals surface area (Å²) in [6.07, 6.45) is 2.18. The maximum atomic E-state index is 11.7. The van der Waals surface area contributed by atoms with Crippen LogP contribution in [0.2, 0.25) is 0 Å². The van der Waals surface area contributed by atoms with E-state index in [0.717, 1.165) is 17.1 Å². The molecule has 0 radical (unpaired) electrons. The van der Waals surface area contributed by atoms with Crippen molar-refractivity contribution in [2.75, 3.05) is 13.7 Å². The average Bonchev–Trinajstić information content (AvgIpc) is 2.65. The molecule has 134 valence electrons. The van der Waals surface area contributed by atoms with Crippen LogP contribution in [-0.2, 0) is 13.0 Å². The van der Waals surface area contributed by atoms with Crippen molar-refractivity contribution in [3.8, 4) is 11.5 Å². The lowest BCUT2D eigenvalue weighted by Gasteiger charge is -2.14. The molecule has 3 aromatic rings. The van der Waals surface area contributed by atoms with Gasteiger partial charge in [0.1, 0.15) is 18.1 Å². The van der Waals surface area contributed by atoms with Gasteiger partial charge in [0.2, 0.25) is 0 Å². The molecule has 0 saturated heterocycles. The van der Waals surface area contributed by atoms with Crippen molar-refractivity contribution in [1.82, 2.24) is 9.55 Å². The highest BCUT2D eigenvalue weighted by atomic mass is 16.5. The molecule has 0 saturated carbocycles. The van der Waals surface area contributed by atoms with Gasteiger partial charge in [-0.1, -0.05) is 30.3 Å². The molecular weight excluding hydrogens is 332 g/mol. The quantitative estimate of drug-likeness (QED) is 0.708. The number of nitrogens with zero attached hydrogens (tertiary/aromatic N) is 1. The summed E-state index contributed by atoms with van der Waals surface area (Å²) >= 11 is 0. The van der Waals surface area contributed by atoms with Crippen molar-refractivity contribution in [1.29, 1.82) is 0 Å². The largest absolute Gasteiger partial charge is 0.497 e. The zero-order valence-corrected chi connectivity index (χ0v) is 14.5. The van der Waals surface area contributed by atoms with Gasteiger partial charge in [-0.15, -0.1) is 0 Å². The Labute approximate surface area is 150 Å². The number of hydrogen-bond acceptors (Lipinski definition) is 4. The van der Waals surface area contributed by atoms with Gasteiger partial charge in [-0.3, -0.25) is 14.3 Å². The smallest absolute Gasteiger partial charge is 0.328 e. The third-order valence-electron chi connectivity index (χ3n) is 3.99. The SMILES string of the molecule is COc1ccc(OCCn2ccc(=O)[nH]c2=O)c(Cc2ccccc2)c1. The van der Waals surface area contributed by atoms with Crippen LogP contribution < -0.4 is 20.7 Å². The number of aromatic amines is 1. The number of nitrogens with one attached hydrogen (secondary N) is 1. The number of benzene rings is 2. The zero-order chi connectivity index (χ0) is 18.4. The number of ether oxygens (including phenoxy) is 2. The van der Waals surface area contributed by atoms with Gasteiger partial charge in [-0.25, -0.2) is 4.79 Å². The Morgan fingerprint density at radius 2 is 1.85 bits per heavy atom. The second kappa shape index (κ2) is 8.20. The molecule has 2 aromatic carbocycles. The molecule has 0 fully saturated rings. The summed E-state index contributed by atoms with van der Waals surface area (Å²) in [6.45, 7) is 0.645. The Morgan fingerprint density at radius 1 is 1.04 bits per heavy atom. The van der Waals surface area contributed by atoms with Gasteiger partial charge in [0.05, 0.1) is 13.7 Å². The Balaban J connectivity index is 1.74. The van der Waals surface area contributed by atoms with Crippen molar-refractivity contribution in [3.05, 3.63) is 92.8 Å². The van der Waals surface area contributed by atoms with Crippen LogP contribution in [0.1, 0.15) is 11.1 Å². The van der Waals surface area contributed by atoms with E-state index < -0.39 is 11.2 Å². The molecule has 0 aliphatic rings. The van der Waals surface area contributed by atoms with Gasteiger partial charge in [0.25, 0.3) is 5.56 Å². The van der Waals surface area contributed by atoms with Gasteiger partial charge < -0.3 is 9.47 Å². The van der Waals surface area contributed by atoms with Crippen molar-refractivity contribution in [2.24, 2.45) is 0 Å². The number of H-pyrrole nitrogens is 1. The second-order valence-electron chi connectivity index (χ2n) is 5.79. The van der Waals surface area contributed by atoms with Gasteiger partial charge >= 0.3 is 5.69 Å². The summed E-state index contributed by atoms with van der Waals surface area (Å²) in [4.78, 5) is 25.0. The molecule has 6 nitrogen and oxygen atoms in total. The van der Waals surface area contributed by atoms with E-state index in [1.54, 1.807) is 7.11 Å². The van der Waals surface area contributed by atoms with Gasteiger partial charge in [0.15, 0.2) is 0 Å². The molecule has 26 heavy (non-hydrogen) atoms. The Hall–Kier alpha value is -3.28. The van der Waals surface area contributed by atoms with Gasteiger partial charge in [-0.05, 0) is 23.8 Å². The Morgan fingerprint density at radius 3 is 2.58 bits per heavy atom. The fraction of sp³-hybridized carbons (Fsp3) is 0.200. The minimum absolute atomic E-state index is 0.306. The van der Waals surface area contributed by atoms with E-state index in [2.05, 4.69) is 17.1 Å². The minimum atomic E-state index is -0.444. The molecule has 0 bridgehead atoms. The minimum Gasteiger partial charge on any atom is -0.497 e. The van der Waals surface area contributed by atoms with E-state index in [-0.39, 0.29) is 0 Å². The second-order valence-corrected chi connectivity index (χ2v) is 5.79. The zero-order valence-electron chi connectivity index (χ0n) is 14.5. The molecule has 0 spiro atoms. The monoisotopic (exact) mass is 352 g/mol. The highest BCUT2D eigenvalue weighted by Crippen LogP contribution is 2.26. The maximum absolute atomic E-state index is 11.7. The van der Waals surface area contributed by atoms with Crippen molar-refractivity contribution in [2.45, 2.75) is 13.0 Å². The van der Waals surface area contributed by atoms with E-state index >= 15 is 0 Å². The Bertz CT molecular complexity index is 977. The van der Waals surface area contributed by atoms with E-state index in [1.165, 1.54) is 22.4 Å². The molecule has 0 atom stereocenters. The van der Waals surface area contributed by atoms with Crippen LogP contribution >= 0.6 is 0 Å². The van der Waals surface area contributed by atoms with Crippen LogP contribution in [0.15, 0.2) is 70.4 Å². The predicted octanol–water partition coefficient (Wildman–Crippen LogP) is 2.21. The summed E-state index contributed by atoms with van der Waals surface area (Å²) in [6, 6.07) is 17.1. The van der Waals surface area contributed by atoms with Crippen LogP contribution in [-0.4, -0.2) is 23.3 Å². The normalized spacial score (nSPS) is 10.5. The molecule has 1 heterocycles. The number of aromatic nitrogens is 2. The van der Waals surface area contributed by atoms with Crippen molar-refractivity contribution in [3.63, 3.8) is 0 Å². The lowest BCUT2D eigenvalue weighted by molar-refractivity contribution is 0.292. The molecule has 6 heteroatoms. The first-order chi connectivity index (χ1) is 12.7. The molecule has 0 aliphatic carbocycles. The first kappa shape index (κ1) is 17.5. The molecule has 0 unspecified atom stereocenters. The predicted molar refractivity (Wildman–Crippen MR) is 99.1 cm³/mol. The molecule has 3 rings (SSSR count). The molecular formula is C20H20N2O4. The first-order valence-electron chi connectivity index (χ1n) is 8.29. The average molecular weight is 352 g/mol. The number of rotatable bonds is 7. The van der Waals surface area contributed by atoms with Crippen molar-refractivity contribution < 1.29 is 9.47 Å². The van der Waals surface area contributed by atoms with E-state index in [1.807, 2.05) is 36.4 Å². The summed E-state index contributed by atoms with van der Waals surface area (Å²) < 4.78 is 12.6. The van der Waals surface area contributed by atoms with Crippen LogP contribution in [0.25, 0.3) is 0 Å². The number of methoxy groups -OCH3 is 1. The van der Waals surface area contributed by atoms with Crippen LogP contribution in [0.5, 0.6) is 11.5 Å². The maximum Gasteiger partial charge on any atom is 0.328 e. The van der Waals surface area contributed by atoms with E-state index in [0.29, 0.717) is 19.6 Å². The fourth-order valence-electron chi connectivity index (χ4n) is 2.65. The molecule has 0 amide bonds. The highest BCUT2D eigenvalue weighted by molar-refractivity contribution is 5.43. The molecule has 1 N–H and O–H groups in total. The van der Waals surface area contributed by atoms with Gasteiger partial charge in [-0.2, -0.15) is 0 Å². The third-order valence-corrected chi connectivity index (χ3v) is 3.99. The Kier molecular flexibility index (Phi) is 5.53. The van der Waals surface area contributed by atoms with Crippen molar-refractivity contribution >= 4 is 0 Å². The summed E-state index contributed by atoms with van der Waals surface area (Å²) in [7, 11) is 1.63. The topological polar surface area (TPSA) is 73.3 Å². The van der Waals surface area contributed by atoms with Crippen LogP contribution in [0.3, 0.4) is 0 Å².